The van der Waals surface area contributed by atoms with E-state index >= 15 is 0 Å². The Bertz CT molecular complexity index is 477. The average Bonchev–Trinajstić information content (AvgIpc) is 2.15. The molecule has 0 fully saturated rings. The molecule has 0 unspecified atom stereocenters. The quantitative estimate of drug-likeness (QED) is 0.704. The molecule has 0 atom stereocenters. The molecule has 2 rings (SSSR count). The largest absolute Gasteiger partial charge is 0.508 e. The van der Waals surface area contributed by atoms with E-state index in [0.29, 0.717) is 12.4 Å². The summed E-state index contributed by atoms with van der Waals surface area (Å²) in [5.74, 6) is 0.877. The predicted octanol–water partition coefficient (Wildman–Crippen LogP) is 1.10. The van der Waals surface area contributed by atoms with Gasteiger partial charge in [-0.2, -0.15) is 0 Å². The standard InChI is InChI=1S/C10H11N3O/c1-6-12-9-4-7(14)2-3-8(9)10(5-11)13-6/h2-4,14H,5,11H2,1H3. The third kappa shape index (κ3) is 1.40. The first-order chi connectivity index (χ1) is 6.70. The monoisotopic (exact) mass is 189 g/mol. The number of aromatic nitrogens is 2. The number of hydrogen-bond donors (Lipinski definition) is 2. The molecule has 0 amide bonds. The van der Waals surface area contributed by atoms with Crippen LogP contribution >= 0.6 is 0 Å². The summed E-state index contributed by atoms with van der Waals surface area (Å²) in [5, 5.41) is 10.2. The Morgan fingerprint density at radius 3 is 2.86 bits per heavy atom. The molecule has 0 saturated heterocycles. The normalized spacial score (nSPS) is 10.7. The second-order valence-corrected chi connectivity index (χ2v) is 3.12. The molecule has 4 heteroatoms. The van der Waals surface area contributed by atoms with Crippen molar-refractivity contribution in [3.63, 3.8) is 0 Å². The van der Waals surface area contributed by atoms with Crippen LogP contribution in [0.1, 0.15) is 11.5 Å². The van der Waals surface area contributed by atoms with Crippen LogP contribution in [-0.4, -0.2) is 15.1 Å². The Kier molecular flexibility index (Phi) is 2.05. The van der Waals surface area contributed by atoms with E-state index in [1.54, 1.807) is 18.2 Å². The zero-order valence-corrected chi connectivity index (χ0v) is 7.86. The average molecular weight is 189 g/mol. The fourth-order valence-electron chi connectivity index (χ4n) is 1.47. The number of phenols is 1. The summed E-state index contributed by atoms with van der Waals surface area (Å²) in [4.78, 5) is 8.45. The second-order valence-electron chi connectivity index (χ2n) is 3.12. The maximum Gasteiger partial charge on any atom is 0.126 e. The van der Waals surface area contributed by atoms with Gasteiger partial charge in [0.15, 0.2) is 0 Å². The maximum absolute atomic E-state index is 9.29. The number of aromatic hydroxyl groups is 1. The van der Waals surface area contributed by atoms with Crippen LogP contribution in [0.5, 0.6) is 5.75 Å². The van der Waals surface area contributed by atoms with Crippen molar-refractivity contribution in [3.05, 3.63) is 29.7 Å². The van der Waals surface area contributed by atoms with Gasteiger partial charge in [-0.1, -0.05) is 0 Å². The van der Waals surface area contributed by atoms with Crippen molar-refractivity contribution in [3.8, 4) is 5.75 Å². The van der Waals surface area contributed by atoms with E-state index in [1.807, 2.05) is 6.92 Å². The van der Waals surface area contributed by atoms with E-state index in [9.17, 15) is 5.11 Å². The lowest BCUT2D eigenvalue weighted by molar-refractivity contribution is 0.476. The van der Waals surface area contributed by atoms with Crippen LogP contribution in [0, 0.1) is 6.92 Å². The molecule has 0 aliphatic rings. The summed E-state index contributed by atoms with van der Waals surface area (Å²) >= 11 is 0. The van der Waals surface area contributed by atoms with E-state index in [0.717, 1.165) is 16.6 Å². The van der Waals surface area contributed by atoms with Crippen LogP contribution in [0.15, 0.2) is 18.2 Å². The van der Waals surface area contributed by atoms with Crippen LogP contribution in [0.4, 0.5) is 0 Å². The molecule has 0 radical (unpaired) electrons. The first-order valence-electron chi connectivity index (χ1n) is 4.37. The first kappa shape index (κ1) is 8.90. The lowest BCUT2D eigenvalue weighted by Gasteiger charge is -2.04. The molecule has 0 bridgehead atoms. The van der Waals surface area contributed by atoms with Crippen molar-refractivity contribution in [2.75, 3.05) is 0 Å². The molecule has 72 valence electrons. The molecule has 2 aromatic rings. The van der Waals surface area contributed by atoms with Crippen LogP contribution in [0.25, 0.3) is 10.9 Å². The molecule has 4 nitrogen and oxygen atoms in total. The van der Waals surface area contributed by atoms with Gasteiger partial charge < -0.3 is 10.8 Å². The zero-order chi connectivity index (χ0) is 10.1. The highest BCUT2D eigenvalue weighted by Gasteiger charge is 2.04. The summed E-state index contributed by atoms with van der Waals surface area (Å²) in [6, 6.07) is 5.01. The summed E-state index contributed by atoms with van der Waals surface area (Å²) < 4.78 is 0. The number of benzene rings is 1. The molecule has 0 saturated carbocycles. The van der Waals surface area contributed by atoms with Crippen LogP contribution in [-0.2, 0) is 6.54 Å². The van der Waals surface area contributed by atoms with Gasteiger partial charge in [0, 0.05) is 18.0 Å². The highest BCUT2D eigenvalue weighted by Crippen LogP contribution is 2.20. The Labute approximate surface area is 81.4 Å². The van der Waals surface area contributed by atoms with E-state index in [1.165, 1.54) is 0 Å². The third-order valence-corrected chi connectivity index (χ3v) is 2.06. The number of fused-ring (bicyclic) bond motifs is 1. The van der Waals surface area contributed by atoms with Crippen LogP contribution < -0.4 is 5.73 Å². The Morgan fingerprint density at radius 2 is 2.14 bits per heavy atom. The fraction of sp³-hybridized carbons (Fsp3) is 0.200. The van der Waals surface area contributed by atoms with Gasteiger partial charge in [0.25, 0.3) is 0 Å². The second kappa shape index (κ2) is 3.23. The number of hydrogen-bond acceptors (Lipinski definition) is 4. The molecule has 3 N–H and O–H groups in total. The molecule has 0 spiro atoms. The van der Waals surface area contributed by atoms with Crippen molar-refractivity contribution >= 4 is 10.9 Å². The first-order valence-corrected chi connectivity index (χ1v) is 4.37. The summed E-state index contributed by atoms with van der Waals surface area (Å²) in [6.45, 7) is 2.19. The SMILES string of the molecule is Cc1nc(CN)c2ccc(O)cc2n1. The van der Waals surface area contributed by atoms with Crippen LogP contribution in [0.3, 0.4) is 0 Å². The van der Waals surface area contributed by atoms with Crippen molar-refractivity contribution in [2.24, 2.45) is 5.73 Å². The number of phenolic OH excluding ortho intramolecular Hbond substituents is 1. The lowest BCUT2D eigenvalue weighted by atomic mass is 10.2. The molecule has 1 aromatic carbocycles. The van der Waals surface area contributed by atoms with Gasteiger partial charge in [-0.15, -0.1) is 0 Å². The molecule has 1 heterocycles. The molecule has 0 aliphatic heterocycles. The molecular formula is C10H11N3O. The van der Waals surface area contributed by atoms with E-state index in [4.69, 9.17) is 5.73 Å². The Morgan fingerprint density at radius 1 is 1.36 bits per heavy atom. The minimum atomic E-state index is 0.207. The van der Waals surface area contributed by atoms with E-state index < -0.39 is 0 Å². The molecule has 0 aliphatic carbocycles. The number of nitrogens with zero attached hydrogens (tertiary/aromatic N) is 2. The summed E-state index contributed by atoms with van der Waals surface area (Å²) in [6.07, 6.45) is 0. The number of nitrogens with two attached hydrogens (primary N) is 1. The number of rotatable bonds is 1. The van der Waals surface area contributed by atoms with Gasteiger partial charge in [0.1, 0.15) is 11.6 Å². The van der Waals surface area contributed by atoms with Gasteiger partial charge in [0.2, 0.25) is 0 Å². The molecule has 1 aromatic heterocycles. The van der Waals surface area contributed by atoms with Crippen LogP contribution in [0.2, 0.25) is 0 Å². The molecule has 14 heavy (non-hydrogen) atoms. The third-order valence-electron chi connectivity index (χ3n) is 2.06. The predicted molar refractivity (Wildman–Crippen MR) is 53.8 cm³/mol. The highest BCUT2D eigenvalue weighted by molar-refractivity contribution is 5.82. The van der Waals surface area contributed by atoms with Gasteiger partial charge in [-0.05, 0) is 19.1 Å². The minimum Gasteiger partial charge on any atom is -0.508 e. The smallest absolute Gasteiger partial charge is 0.126 e. The highest BCUT2D eigenvalue weighted by atomic mass is 16.3. The van der Waals surface area contributed by atoms with Gasteiger partial charge in [-0.25, -0.2) is 9.97 Å². The van der Waals surface area contributed by atoms with Gasteiger partial charge in [0.05, 0.1) is 11.2 Å². The lowest BCUT2D eigenvalue weighted by Crippen LogP contribution is -2.03. The van der Waals surface area contributed by atoms with E-state index in [-0.39, 0.29) is 5.75 Å². The van der Waals surface area contributed by atoms with E-state index in [2.05, 4.69) is 9.97 Å². The fourth-order valence-corrected chi connectivity index (χ4v) is 1.47. The van der Waals surface area contributed by atoms with Crippen molar-refractivity contribution in [1.82, 2.24) is 9.97 Å². The Balaban J connectivity index is 2.81. The summed E-state index contributed by atoms with van der Waals surface area (Å²) in [7, 11) is 0. The van der Waals surface area contributed by atoms with Gasteiger partial charge in [-0.3, -0.25) is 0 Å². The number of aryl methyl sites for hydroxylation is 1. The van der Waals surface area contributed by atoms with Gasteiger partial charge >= 0.3 is 0 Å². The minimum absolute atomic E-state index is 0.207. The molecular weight excluding hydrogens is 178 g/mol. The Hall–Kier alpha value is -1.68. The zero-order valence-electron chi connectivity index (χ0n) is 7.86. The van der Waals surface area contributed by atoms with Crippen molar-refractivity contribution in [1.29, 1.82) is 0 Å². The topological polar surface area (TPSA) is 72.0 Å². The summed E-state index contributed by atoms with van der Waals surface area (Å²) in [5.41, 5.74) is 7.12. The van der Waals surface area contributed by atoms with Crippen molar-refractivity contribution < 1.29 is 5.11 Å². The van der Waals surface area contributed by atoms with Crippen molar-refractivity contribution in [2.45, 2.75) is 13.5 Å². The maximum atomic E-state index is 9.29.